The molecule has 0 atom stereocenters. The third-order valence-corrected chi connectivity index (χ3v) is 6.37. The fourth-order valence-electron chi connectivity index (χ4n) is 4.06. The van der Waals surface area contributed by atoms with Gasteiger partial charge in [0.2, 0.25) is 5.91 Å². The average molecular weight is 435 g/mol. The van der Waals surface area contributed by atoms with E-state index in [9.17, 15) is 4.79 Å². The summed E-state index contributed by atoms with van der Waals surface area (Å²) in [4.78, 5) is 17.7. The molecule has 4 aromatic carbocycles. The van der Waals surface area contributed by atoms with Crippen molar-refractivity contribution in [2.45, 2.75) is 12.3 Å². The molecule has 1 N–H and O–H groups in total. The number of hydrogen-bond donors (Lipinski definition) is 1. The number of nitrogens with one attached hydrogen (secondary N) is 1. The lowest BCUT2D eigenvalue weighted by Crippen LogP contribution is -2.16. The molecular weight excluding hydrogens is 412 g/mol. The molecule has 0 fully saturated rings. The zero-order valence-electron chi connectivity index (χ0n) is 17.4. The van der Waals surface area contributed by atoms with E-state index in [2.05, 4.69) is 53.8 Å². The number of thiazole rings is 1. The Labute approximate surface area is 191 Å². The Balaban J connectivity index is 1.36. The molecule has 0 aliphatic heterocycles. The number of rotatable bonds is 6. The summed E-state index contributed by atoms with van der Waals surface area (Å²) in [5.41, 5.74) is 4.21. The smallest absolute Gasteiger partial charge is 0.227 e. The van der Waals surface area contributed by atoms with Gasteiger partial charge in [-0.15, -0.1) is 11.3 Å². The van der Waals surface area contributed by atoms with Gasteiger partial charge >= 0.3 is 0 Å². The predicted octanol–water partition coefficient (Wildman–Crippen LogP) is 7.12. The van der Waals surface area contributed by atoms with Gasteiger partial charge in [0.25, 0.3) is 0 Å². The van der Waals surface area contributed by atoms with Crippen LogP contribution in [-0.2, 0) is 4.79 Å². The van der Waals surface area contributed by atoms with E-state index < -0.39 is 0 Å². The molecule has 0 saturated heterocycles. The lowest BCUT2D eigenvalue weighted by atomic mass is 9.88. The number of hydrogen-bond acceptors (Lipinski definition) is 3. The fraction of sp³-hybridized carbons (Fsp3) is 0.0714. The van der Waals surface area contributed by atoms with E-state index >= 15 is 0 Å². The largest absolute Gasteiger partial charge is 0.302 e. The molecule has 32 heavy (non-hydrogen) atoms. The van der Waals surface area contributed by atoms with Crippen LogP contribution in [0.3, 0.4) is 0 Å². The Bertz CT molecular complexity index is 1300. The molecule has 156 valence electrons. The summed E-state index contributed by atoms with van der Waals surface area (Å²) in [6.45, 7) is 0. The van der Waals surface area contributed by atoms with Gasteiger partial charge in [0, 0.05) is 23.3 Å². The second kappa shape index (κ2) is 9.16. The molecule has 1 aromatic heterocycles. The van der Waals surface area contributed by atoms with Crippen molar-refractivity contribution in [3.8, 4) is 11.3 Å². The zero-order valence-corrected chi connectivity index (χ0v) is 18.3. The highest BCUT2D eigenvalue weighted by Gasteiger charge is 2.19. The number of benzene rings is 4. The molecular formula is C28H22N2OS. The highest BCUT2D eigenvalue weighted by atomic mass is 32.1. The minimum Gasteiger partial charge on any atom is -0.302 e. The van der Waals surface area contributed by atoms with E-state index in [0.29, 0.717) is 11.6 Å². The number of nitrogens with zero attached hydrogens (tertiary/aromatic N) is 1. The van der Waals surface area contributed by atoms with Crippen LogP contribution in [0, 0.1) is 0 Å². The fourth-order valence-corrected chi connectivity index (χ4v) is 4.78. The number of anilines is 1. The summed E-state index contributed by atoms with van der Waals surface area (Å²) in [5, 5.41) is 7.98. The van der Waals surface area contributed by atoms with Crippen molar-refractivity contribution < 1.29 is 4.79 Å². The minimum atomic E-state index is -0.0403. The van der Waals surface area contributed by atoms with E-state index in [0.717, 1.165) is 27.8 Å². The van der Waals surface area contributed by atoms with Crippen LogP contribution in [-0.4, -0.2) is 10.9 Å². The normalized spacial score (nSPS) is 11.0. The van der Waals surface area contributed by atoms with Crippen LogP contribution in [0.25, 0.3) is 22.0 Å². The Morgan fingerprint density at radius 3 is 2.12 bits per heavy atom. The van der Waals surface area contributed by atoms with Crippen molar-refractivity contribution >= 4 is 33.1 Å². The third kappa shape index (κ3) is 4.32. The van der Waals surface area contributed by atoms with Crippen molar-refractivity contribution in [3.05, 3.63) is 120 Å². The molecule has 1 heterocycles. The van der Waals surface area contributed by atoms with Gasteiger partial charge in [0.05, 0.1) is 5.69 Å². The molecule has 1 amide bonds. The standard InChI is InChI=1S/C28H22N2OS/c31-27(18-25(21-10-3-1-4-11-21)22-12-5-2-6-13-22)30-28-29-26(19-32-28)24-17-9-15-20-14-7-8-16-23(20)24/h1-17,19,25H,18H2,(H,29,30,31). The Morgan fingerprint density at radius 2 is 1.41 bits per heavy atom. The lowest BCUT2D eigenvalue weighted by Gasteiger charge is -2.17. The van der Waals surface area contributed by atoms with E-state index in [1.807, 2.05) is 60.0 Å². The van der Waals surface area contributed by atoms with Crippen LogP contribution in [0.15, 0.2) is 109 Å². The number of fused-ring (bicyclic) bond motifs is 1. The van der Waals surface area contributed by atoms with Crippen LogP contribution < -0.4 is 5.32 Å². The summed E-state index contributed by atoms with van der Waals surface area (Å²) in [6.07, 6.45) is 0.358. The first-order valence-corrected chi connectivity index (χ1v) is 11.5. The molecule has 0 aliphatic carbocycles. The molecule has 0 aliphatic rings. The van der Waals surface area contributed by atoms with Gasteiger partial charge in [-0.1, -0.05) is 103 Å². The van der Waals surface area contributed by atoms with Crippen LogP contribution in [0.4, 0.5) is 5.13 Å². The van der Waals surface area contributed by atoms with Gasteiger partial charge in [0.15, 0.2) is 5.13 Å². The summed E-state index contributed by atoms with van der Waals surface area (Å²) in [6, 6.07) is 34.8. The Kier molecular flexibility index (Phi) is 5.77. The van der Waals surface area contributed by atoms with Crippen LogP contribution in [0.2, 0.25) is 0 Å². The van der Waals surface area contributed by atoms with Gasteiger partial charge in [-0.3, -0.25) is 4.79 Å². The van der Waals surface area contributed by atoms with Crippen molar-refractivity contribution in [2.75, 3.05) is 5.32 Å². The molecule has 0 unspecified atom stereocenters. The van der Waals surface area contributed by atoms with Gasteiger partial charge in [-0.2, -0.15) is 0 Å². The minimum absolute atomic E-state index is 0.00472. The molecule has 5 aromatic rings. The summed E-state index contributed by atoms with van der Waals surface area (Å²) >= 11 is 1.46. The Hall–Kier alpha value is -3.76. The van der Waals surface area contributed by atoms with E-state index in [4.69, 9.17) is 4.98 Å². The summed E-state index contributed by atoms with van der Waals surface area (Å²) in [5.74, 6) is -0.0450. The van der Waals surface area contributed by atoms with Gasteiger partial charge in [-0.25, -0.2) is 4.98 Å². The highest BCUT2D eigenvalue weighted by Crippen LogP contribution is 2.32. The molecule has 0 radical (unpaired) electrons. The first kappa shape index (κ1) is 20.2. The van der Waals surface area contributed by atoms with Crippen molar-refractivity contribution in [3.63, 3.8) is 0 Å². The predicted molar refractivity (Wildman–Crippen MR) is 133 cm³/mol. The molecule has 5 rings (SSSR count). The third-order valence-electron chi connectivity index (χ3n) is 5.61. The average Bonchev–Trinajstić information content (AvgIpc) is 3.31. The maximum Gasteiger partial charge on any atom is 0.227 e. The number of carbonyl (C=O) groups is 1. The van der Waals surface area contributed by atoms with Gasteiger partial charge < -0.3 is 5.32 Å². The topological polar surface area (TPSA) is 42.0 Å². The maximum absolute atomic E-state index is 13.0. The van der Waals surface area contributed by atoms with Crippen LogP contribution >= 0.6 is 11.3 Å². The van der Waals surface area contributed by atoms with Gasteiger partial charge in [-0.05, 0) is 21.9 Å². The molecule has 0 spiro atoms. The first-order valence-electron chi connectivity index (χ1n) is 10.6. The van der Waals surface area contributed by atoms with Crippen LogP contribution in [0.5, 0.6) is 0 Å². The van der Waals surface area contributed by atoms with E-state index in [-0.39, 0.29) is 11.8 Å². The quantitative estimate of drug-likeness (QED) is 0.309. The summed E-state index contributed by atoms with van der Waals surface area (Å²) < 4.78 is 0. The van der Waals surface area contributed by atoms with Crippen molar-refractivity contribution in [2.24, 2.45) is 0 Å². The molecule has 4 heteroatoms. The molecule has 3 nitrogen and oxygen atoms in total. The highest BCUT2D eigenvalue weighted by molar-refractivity contribution is 7.14. The maximum atomic E-state index is 13.0. The van der Waals surface area contributed by atoms with Crippen molar-refractivity contribution in [1.29, 1.82) is 0 Å². The van der Waals surface area contributed by atoms with E-state index in [1.165, 1.54) is 16.7 Å². The number of aromatic nitrogens is 1. The monoisotopic (exact) mass is 434 g/mol. The molecule has 0 bridgehead atoms. The van der Waals surface area contributed by atoms with Gasteiger partial charge in [0.1, 0.15) is 0 Å². The second-order valence-corrected chi connectivity index (χ2v) is 8.55. The summed E-state index contributed by atoms with van der Waals surface area (Å²) in [7, 11) is 0. The first-order chi connectivity index (χ1) is 15.8. The van der Waals surface area contributed by atoms with Crippen molar-refractivity contribution in [1.82, 2.24) is 4.98 Å². The molecule has 0 saturated carbocycles. The van der Waals surface area contributed by atoms with Crippen LogP contribution in [0.1, 0.15) is 23.5 Å². The Morgan fingerprint density at radius 1 is 0.781 bits per heavy atom. The second-order valence-electron chi connectivity index (χ2n) is 7.69. The SMILES string of the molecule is O=C(CC(c1ccccc1)c1ccccc1)Nc1nc(-c2cccc3ccccc23)cs1. The number of amides is 1. The lowest BCUT2D eigenvalue weighted by molar-refractivity contribution is -0.116. The number of carbonyl (C=O) groups excluding carboxylic acids is 1. The zero-order chi connectivity index (χ0) is 21.8. The van der Waals surface area contributed by atoms with E-state index in [1.54, 1.807) is 0 Å².